The Bertz CT molecular complexity index is 203. The third-order valence-corrected chi connectivity index (χ3v) is 2.82. The average molecular weight is 211 g/mol. The van der Waals surface area contributed by atoms with Gasteiger partial charge in [-0.05, 0) is 18.8 Å². The minimum Gasteiger partial charge on any atom is -0.374 e. The van der Waals surface area contributed by atoms with Crippen LogP contribution in [0.3, 0.4) is 0 Å². The van der Waals surface area contributed by atoms with Crippen LogP contribution < -0.4 is 5.32 Å². The third-order valence-electron chi connectivity index (χ3n) is 2.82. The summed E-state index contributed by atoms with van der Waals surface area (Å²) in [6.07, 6.45) is 5.10. The second kappa shape index (κ2) is 6.29. The van der Waals surface area contributed by atoms with Crippen LogP contribution in [0.25, 0.3) is 0 Å². The van der Waals surface area contributed by atoms with Crippen LogP contribution in [0, 0.1) is 5.92 Å². The van der Waals surface area contributed by atoms with Gasteiger partial charge in [-0.15, -0.1) is 0 Å². The standard InChI is InChI=1S/C13H25NO/c1-10(2)12(9-14-11(3)4)8-13-6-5-7-15-13/h8,10-11,13-14H,5-7,9H2,1-4H3/b12-8+. The molecule has 0 aliphatic carbocycles. The lowest BCUT2D eigenvalue weighted by Crippen LogP contribution is -2.27. The van der Waals surface area contributed by atoms with Crippen LogP contribution in [-0.2, 0) is 4.74 Å². The Balaban J connectivity index is 2.48. The molecule has 1 rings (SSSR count). The van der Waals surface area contributed by atoms with Crippen LogP contribution in [0.1, 0.15) is 40.5 Å². The van der Waals surface area contributed by atoms with Crippen molar-refractivity contribution in [3.05, 3.63) is 11.6 Å². The van der Waals surface area contributed by atoms with Gasteiger partial charge in [0.05, 0.1) is 6.10 Å². The summed E-state index contributed by atoms with van der Waals surface area (Å²) in [6, 6.07) is 0.552. The maximum absolute atomic E-state index is 5.64. The quantitative estimate of drug-likeness (QED) is 0.706. The first-order valence-corrected chi connectivity index (χ1v) is 6.15. The maximum atomic E-state index is 5.64. The van der Waals surface area contributed by atoms with Crippen molar-refractivity contribution < 1.29 is 4.74 Å². The minimum atomic E-state index is 0.372. The Kier molecular flexibility index (Phi) is 5.34. The van der Waals surface area contributed by atoms with Crippen molar-refractivity contribution in [3.8, 4) is 0 Å². The van der Waals surface area contributed by atoms with Gasteiger partial charge >= 0.3 is 0 Å². The molecule has 1 saturated heterocycles. The van der Waals surface area contributed by atoms with E-state index in [1.54, 1.807) is 0 Å². The summed E-state index contributed by atoms with van der Waals surface area (Å²) in [7, 11) is 0. The van der Waals surface area contributed by atoms with Gasteiger partial charge in [-0.25, -0.2) is 0 Å². The molecule has 0 aromatic carbocycles. The van der Waals surface area contributed by atoms with Crippen LogP contribution in [0.2, 0.25) is 0 Å². The van der Waals surface area contributed by atoms with Crippen molar-refractivity contribution in [1.82, 2.24) is 5.32 Å². The summed E-state index contributed by atoms with van der Waals surface area (Å²) in [5.74, 6) is 0.612. The van der Waals surface area contributed by atoms with E-state index in [1.165, 1.54) is 18.4 Å². The molecule has 88 valence electrons. The summed E-state index contributed by atoms with van der Waals surface area (Å²) in [6.45, 7) is 10.8. The molecule has 1 unspecified atom stereocenters. The van der Waals surface area contributed by atoms with Crippen molar-refractivity contribution >= 4 is 0 Å². The van der Waals surface area contributed by atoms with Crippen molar-refractivity contribution in [1.29, 1.82) is 0 Å². The molecule has 1 N–H and O–H groups in total. The summed E-state index contributed by atoms with van der Waals surface area (Å²) in [5.41, 5.74) is 1.48. The second-order valence-corrected chi connectivity index (χ2v) is 4.98. The SMILES string of the molecule is CC(C)NC/C(=C\C1CCCO1)C(C)C. The average Bonchev–Trinajstić information content (AvgIpc) is 2.63. The van der Waals surface area contributed by atoms with E-state index in [9.17, 15) is 0 Å². The van der Waals surface area contributed by atoms with Gasteiger partial charge in [0.1, 0.15) is 0 Å². The zero-order chi connectivity index (χ0) is 11.3. The van der Waals surface area contributed by atoms with Crippen molar-refractivity contribution in [2.45, 2.75) is 52.7 Å². The fraction of sp³-hybridized carbons (Fsp3) is 0.846. The van der Waals surface area contributed by atoms with Gasteiger partial charge in [-0.1, -0.05) is 39.3 Å². The number of hydrogen-bond donors (Lipinski definition) is 1. The van der Waals surface area contributed by atoms with Crippen LogP contribution in [0.5, 0.6) is 0 Å². The first-order valence-electron chi connectivity index (χ1n) is 6.15. The van der Waals surface area contributed by atoms with Gasteiger partial charge in [-0.3, -0.25) is 0 Å². The minimum absolute atomic E-state index is 0.372. The highest BCUT2D eigenvalue weighted by Crippen LogP contribution is 2.18. The molecule has 1 aliphatic heterocycles. The topological polar surface area (TPSA) is 21.3 Å². The van der Waals surface area contributed by atoms with E-state index < -0.39 is 0 Å². The molecule has 2 nitrogen and oxygen atoms in total. The van der Waals surface area contributed by atoms with E-state index in [1.807, 2.05) is 0 Å². The zero-order valence-electron chi connectivity index (χ0n) is 10.5. The molecule has 1 atom stereocenters. The number of hydrogen-bond acceptors (Lipinski definition) is 2. The molecular weight excluding hydrogens is 186 g/mol. The monoisotopic (exact) mass is 211 g/mol. The van der Waals surface area contributed by atoms with E-state index >= 15 is 0 Å². The van der Waals surface area contributed by atoms with E-state index in [0.29, 0.717) is 18.1 Å². The van der Waals surface area contributed by atoms with Gasteiger partial charge in [0.2, 0.25) is 0 Å². The molecule has 1 heterocycles. The Hall–Kier alpha value is -0.340. The summed E-state index contributed by atoms with van der Waals surface area (Å²) < 4.78 is 5.64. The molecule has 1 fully saturated rings. The number of ether oxygens (including phenoxy) is 1. The highest BCUT2D eigenvalue weighted by molar-refractivity contribution is 5.10. The number of rotatable bonds is 5. The van der Waals surface area contributed by atoms with Gasteiger partial charge in [0, 0.05) is 19.2 Å². The molecule has 1 aliphatic rings. The van der Waals surface area contributed by atoms with E-state index in [0.717, 1.165) is 13.2 Å². The van der Waals surface area contributed by atoms with Crippen LogP contribution in [0.15, 0.2) is 11.6 Å². The molecule has 2 heteroatoms. The molecular formula is C13H25NO. The van der Waals surface area contributed by atoms with Gasteiger partial charge in [0.15, 0.2) is 0 Å². The summed E-state index contributed by atoms with van der Waals surface area (Å²) >= 11 is 0. The van der Waals surface area contributed by atoms with E-state index in [2.05, 4.69) is 39.1 Å². The van der Waals surface area contributed by atoms with Gasteiger partial charge in [-0.2, -0.15) is 0 Å². The fourth-order valence-corrected chi connectivity index (χ4v) is 1.75. The number of nitrogens with one attached hydrogen (secondary N) is 1. The van der Waals surface area contributed by atoms with E-state index in [-0.39, 0.29) is 0 Å². The van der Waals surface area contributed by atoms with Crippen molar-refractivity contribution in [3.63, 3.8) is 0 Å². The Morgan fingerprint density at radius 2 is 2.13 bits per heavy atom. The second-order valence-electron chi connectivity index (χ2n) is 4.98. The summed E-state index contributed by atoms with van der Waals surface area (Å²) in [4.78, 5) is 0. The van der Waals surface area contributed by atoms with Crippen molar-refractivity contribution in [2.24, 2.45) is 5.92 Å². The molecule has 0 amide bonds. The Labute approximate surface area is 94.1 Å². The zero-order valence-corrected chi connectivity index (χ0v) is 10.5. The molecule has 0 saturated carbocycles. The maximum Gasteiger partial charge on any atom is 0.0759 e. The predicted octanol–water partition coefficient (Wildman–Crippen LogP) is 2.75. The van der Waals surface area contributed by atoms with Gasteiger partial charge < -0.3 is 10.1 Å². The molecule has 0 aromatic heterocycles. The van der Waals surface area contributed by atoms with Gasteiger partial charge in [0.25, 0.3) is 0 Å². The normalized spacial score (nSPS) is 23.1. The lowest BCUT2D eigenvalue weighted by atomic mass is 10.0. The molecule has 0 spiro atoms. The smallest absolute Gasteiger partial charge is 0.0759 e. The first kappa shape index (κ1) is 12.7. The van der Waals surface area contributed by atoms with Crippen molar-refractivity contribution in [2.75, 3.05) is 13.2 Å². The highest BCUT2D eigenvalue weighted by atomic mass is 16.5. The fourth-order valence-electron chi connectivity index (χ4n) is 1.75. The third kappa shape index (κ3) is 4.80. The Morgan fingerprint density at radius 1 is 1.40 bits per heavy atom. The largest absolute Gasteiger partial charge is 0.374 e. The lowest BCUT2D eigenvalue weighted by molar-refractivity contribution is 0.144. The van der Waals surface area contributed by atoms with Crippen LogP contribution in [-0.4, -0.2) is 25.3 Å². The molecule has 0 radical (unpaired) electrons. The lowest BCUT2D eigenvalue weighted by Gasteiger charge is -2.16. The van der Waals surface area contributed by atoms with Crippen LogP contribution in [0.4, 0.5) is 0 Å². The Morgan fingerprint density at radius 3 is 2.60 bits per heavy atom. The van der Waals surface area contributed by atoms with E-state index in [4.69, 9.17) is 4.74 Å². The molecule has 15 heavy (non-hydrogen) atoms. The van der Waals surface area contributed by atoms with Crippen LogP contribution >= 0.6 is 0 Å². The highest BCUT2D eigenvalue weighted by Gasteiger charge is 2.15. The molecule has 0 aromatic rings. The first-order chi connectivity index (χ1) is 7.09. The summed E-state index contributed by atoms with van der Waals surface area (Å²) in [5, 5.41) is 3.48. The predicted molar refractivity (Wildman–Crippen MR) is 65.0 cm³/mol. The molecule has 0 bridgehead atoms.